The van der Waals surface area contributed by atoms with Crippen LogP contribution < -0.4 is 18.9 Å². The number of rotatable bonds is 5. The maximum atomic E-state index is 12.6. The van der Waals surface area contributed by atoms with Crippen LogP contribution in [0.5, 0.6) is 0 Å². The van der Waals surface area contributed by atoms with Crippen LogP contribution in [-0.2, 0) is 10.1 Å². The van der Waals surface area contributed by atoms with Gasteiger partial charge >= 0.3 is 30.3 Å². The summed E-state index contributed by atoms with van der Waals surface area (Å²) in [5.41, 5.74) is 0. The second-order valence-electron chi connectivity index (χ2n) is 2.99. The molecule has 0 N–H and O–H groups in total. The molecule has 11 heteroatoms. The molecule has 0 radical (unpaired) electrons. The first-order valence-corrected chi connectivity index (χ1v) is 5.33. The molecule has 0 saturated carbocycles. The quantitative estimate of drug-likeness (QED) is 0.376. The molecule has 1 unspecified atom stereocenters. The molecule has 0 saturated heterocycles. The molecule has 98 valence electrons. The van der Waals surface area contributed by atoms with Gasteiger partial charge in [-0.2, -0.15) is 22.0 Å². The maximum Gasteiger partial charge on any atom is 1.00 e. The zero-order valence-electron chi connectivity index (χ0n) is 8.60. The minimum atomic E-state index is -6.21. The Bertz CT molecular complexity index is 327. The van der Waals surface area contributed by atoms with E-state index in [1.165, 1.54) is 0 Å². The van der Waals surface area contributed by atoms with Gasteiger partial charge in [-0.05, 0) is 12.8 Å². The van der Waals surface area contributed by atoms with Crippen LogP contribution in [0.2, 0.25) is 0 Å². The van der Waals surface area contributed by atoms with E-state index in [9.17, 15) is 39.3 Å². The summed E-state index contributed by atoms with van der Waals surface area (Å²) in [7, 11) is -6.21. The van der Waals surface area contributed by atoms with Gasteiger partial charge in [0.15, 0.2) is 16.3 Å². The number of halogens is 6. The summed E-state index contributed by atoms with van der Waals surface area (Å²) in [4.78, 5) is 0. The van der Waals surface area contributed by atoms with E-state index in [2.05, 4.69) is 0 Å². The molecule has 3 nitrogen and oxygen atoms in total. The van der Waals surface area contributed by atoms with Crippen molar-refractivity contribution in [1.29, 1.82) is 0 Å². The second kappa shape index (κ2) is 6.31. The van der Waals surface area contributed by atoms with Crippen LogP contribution in [0, 0.1) is 0 Å². The normalized spacial score (nSPS) is 15.2. The summed E-state index contributed by atoms with van der Waals surface area (Å²) in [5.74, 6) is 0. The molecular formula is C6H7F6LiO3S. The largest absolute Gasteiger partial charge is 1.00 e. The van der Waals surface area contributed by atoms with Crippen LogP contribution in [-0.4, -0.2) is 30.6 Å². The zero-order valence-corrected chi connectivity index (χ0v) is 9.42. The van der Waals surface area contributed by atoms with Gasteiger partial charge in [-0.25, -0.2) is 12.8 Å². The fourth-order valence-corrected chi connectivity index (χ4v) is 1.24. The third-order valence-electron chi connectivity index (χ3n) is 1.62. The van der Waals surface area contributed by atoms with Crippen LogP contribution in [0.1, 0.15) is 19.3 Å². The van der Waals surface area contributed by atoms with Gasteiger partial charge in [0.1, 0.15) is 0 Å². The van der Waals surface area contributed by atoms with E-state index in [0.29, 0.717) is 0 Å². The molecule has 0 aromatic carbocycles. The number of hydrogen-bond donors (Lipinski definition) is 0. The minimum absolute atomic E-state index is 0. The molecule has 0 aliphatic carbocycles. The van der Waals surface area contributed by atoms with E-state index in [-0.39, 0.29) is 18.9 Å². The van der Waals surface area contributed by atoms with Gasteiger partial charge in [0.25, 0.3) is 0 Å². The fourth-order valence-electron chi connectivity index (χ4n) is 0.806. The first-order valence-electron chi connectivity index (χ1n) is 3.92. The van der Waals surface area contributed by atoms with Gasteiger partial charge in [-0.3, -0.25) is 0 Å². The molecule has 1 atom stereocenters. The standard InChI is InChI=1S/C6H8F6O3S.Li/c7-4(2-1-3-5(8,9)10)6(11,12)16(13,14)15;/h4H,1-3H2,(H,13,14,15);/q;+1/p-1. The van der Waals surface area contributed by atoms with Crippen molar-refractivity contribution >= 4 is 10.1 Å². The summed E-state index contributed by atoms with van der Waals surface area (Å²) < 4.78 is 102. The summed E-state index contributed by atoms with van der Waals surface area (Å²) in [6, 6.07) is 0. The summed E-state index contributed by atoms with van der Waals surface area (Å²) in [6.45, 7) is 0. The molecule has 0 spiro atoms. The molecule has 0 aromatic heterocycles. The Kier molecular flexibility index (Phi) is 7.21. The monoisotopic (exact) mass is 280 g/mol. The van der Waals surface area contributed by atoms with Crippen molar-refractivity contribution < 1.29 is 58.2 Å². The third kappa shape index (κ3) is 6.54. The molecule has 0 aliphatic heterocycles. The smallest absolute Gasteiger partial charge is 0.743 e. The van der Waals surface area contributed by atoms with Crippen molar-refractivity contribution in [3.8, 4) is 0 Å². The Morgan fingerprint density at radius 3 is 1.82 bits per heavy atom. The van der Waals surface area contributed by atoms with Crippen LogP contribution >= 0.6 is 0 Å². The predicted octanol–water partition coefficient (Wildman–Crippen LogP) is -0.801. The van der Waals surface area contributed by atoms with Crippen molar-refractivity contribution in [3.05, 3.63) is 0 Å². The second-order valence-corrected chi connectivity index (χ2v) is 4.44. The zero-order chi connectivity index (χ0) is 13.2. The average Bonchev–Trinajstić information content (AvgIpc) is 1.99. The molecule has 0 aromatic rings. The van der Waals surface area contributed by atoms with E-state index in [1.54, 1.807) is 0 Å². The van der Waals surface area contributed by atoms with E-state index in [1.807, 2.05) is 0 Å². The Morgan fingerprint density at radius 1 is 1.12 bits per heavy atom. The Hall–Kier alpha value is 0.0874. The van der Waals surface area contributed by atoms with Crippen LogP contribution in [0.25, 0.3) is 0 Å². The van der Waals surface area contributed by atoms with E-state index < -0.39 is 47.0 Å². The van der Waals surface area contributed by atoms with Gasteiger partial charge in [0.05, 0.1) is 0 Å². The van der Waals surface area contributed by atoms with Gasteiger partial charge < -0.3 is 4.55 Å². The molecule has 0 fully saturated rings. The first kappa shape index (κ1) is 19.4. The topological polar surface area (TPSA) is 57.2 Å². The van der Waals surface area contributed by atoms with Crippen LogP contribution in [0.4, 0.5) is 26.3 Å². The van der Waals surface area contributed by atoms with Gasteiger partial charge in [-0.1, -0.05) is 0 Å². The van der Waals surface area contributed by atoms with Crippen LogP contribution in [0.15, 0.2) is 0 Å². The molecule has 17 heavy (non-hydrogen) atoms. The van der Waals surface area contributed by atoms with E-state index in [4.69, 9.17) is 0 Å². The average molecular weight is 280 g/mol. The van der Waals surface area contributed by atoms with E-state index >= 15 is 0 Å². The van der Waals surface area contributed by atoms with Crippen LogP contribution in [0.3, 0.4) is 0 Å². The molecule has 0 amide bonds. The van der Waals surface area contributed by atoms with Crippen molar-refractivity contribution in [3.63, 3.8) is 0 Å². The van der Waals surface area contributed by atoms with Gasteiger partial charge in [0, 0.05) is 6.42 Å². The first-order chi connectivity index (χ1) is 6.88. The molecule has 0 heterocycles. The Morgan fingerprint density at radius 2 is 1.53 bits per heavy atom. The molecule has 0 aliphatic rings. The van der Waals surface area contributed by atoms with Crippen molar-refractivity contribution in [2.75, 3.05) is 0 Å². The van der Waals surface area contributed by atoms with Crippen molar-refractivity contribution in [2.24, 2.45) is 0 Å². The van der Waals surface area contributed by atoms with E-state index in [0.717, 1.165) is 0 Å². The number of alkyl halides is 6. The summed E-state index contributed by atoms with van der Waals surface area (Å²) in [6.07, 6.45) is -12.0. The maximum absolute atomic E-state index is 12.6. The van der Waals surface area contributed by atoms with Crippen molar-refractivity contribution in [2.45, 2.75) is 36.9 Å². The fraction of sp³-hybridized carbons (Fsp3) is 1.00. The molecule has 0 bridgehead atoms. The Balaban J connectivity index is 0. The predicted molar refractivity (Wildman–Crippen MR) is 39.4 cm³/mol. The van der Waals surface area contributed by atoms with Crippen molar-refractivity contribution in [1.82, 2.24) is 0 Å². The van der Waals surface area contributed by atoms with Gasteiger partial charge in [-0.15, -0.1) is 0 Å². The summed E-state index contributed by atoms with van der Waals surface area (Å²) in [5, 5.41) is -5.20. The Labute approximate surface area is 105 Å². The third-order valence-corrected chi connectivity index (χ3v) is 2.54. The summed E-state index contributed by atoms with van der Waals surface area (Å²) >= 11 is 0. The minimum Gasteiger partial charge on any atom is -0.743 e. The molecular weight excluding hydrogens is 273 g/mol. The number of hydrogen-bond acceptors (Lipinski definition) is 3. The van der Waals surface area contributed by atoms with Gasteiger partial charge in [0.2, 0.25) is 0 Å². The molecule has 0 rings (SSSR count). The SMILES string of the molecule is O=S(=O)([O-])C(F)(F)C(F)CCCC(F)(F)F.[Li+].